The average molecular weight is 365 g/mol. The third-order valence-corrected chi connectivity index (χ3v) is 9.63. The lowest BCUT2D eigenvalue weighted by atomic mass is 9.44. The van der Waals surface area contributed by atoms with Gasteiger partial charge in [0.25, 0.3) is 0 Å². The van der Waals surface area contributed by atoms with Gasteiger partial charge >= 0.3 is 0 Å². The van der Waals surface area contributed by atoms with Crippen molar-refractivity contribution in [3.8, 4) is 0 Å². The van der Waals surface area contributed by atoms with Crippen molar-refractivity contribution >= 4 is 5.57 Å². The van der Waals surface area contributed by atoms with Crippen molar-refractivity contribution in [3.05, 3.63) is 36.2 Å². The quantitative estimate of drug-likeness (QED) is 0.727. The van der Waals surface area contributed by atoms with Gasteiger partial charge in [-0.2, -0.15) is 0 Å². The normalized spacial score (nSPS) is 46.2. The second kappa shape index (κ2) is 6.44. The van der Waals surface area contributed by atoms with E-state index in [0.717, 1.165) is 29.7 Å². The van der Waals surface area contributed by atoms with Crippen molar-refractivity contribution in [3.63, 3.8) is 0 Å². The number of nitrogens with zero attached hydrogens (tertiary/aromatic N) is 1. The Hall–Kier alpha value is -1.15. The monoisotopic (exact) mass is 364 g/mol. The maximum absolute atomic E-state index is 4.41. The van der Waals surface area contributed by atoms with Crippen molar-refractivity contribution in [2.75, 3.05) is 7.05 Å². The number of allylic oxidation sites excluding steroid dienone is 2. The molecule has 7 atom stereocenters. The third-order valence-electron chi connectivity index (χ3n) is 9.63. The molecule has 0 radical (unpaired) electrons. The summed E-state index contributed by atoms with van der Waals surface area (Å²) in [4.78, 5) is 4.41. The van der Waals surface area contributed by atoms with Crippen LogP contribution in [-0.4, -0.2) is 18.1 Å². The van der Waals surface area contributed by atoms with Crippen LogP contribution in [0.5, 0.6) is 0 Å². The summed E-state index contributed by atoms with van der Waals surface area (Å²) in [7, 11) is 2.16. The molecule has 146 valence electrons. The van der Waals surface area contributed by atoms with Crippen LogP contribution in [0, 0.1) is 34.5 Å². The number of pyridine rings is 1. The molecule has 0 aliphatic heterocycles. The molecule has 0 bridgehead atoms. The molecule has 3 fully saturated rings. The van der Waals surface area contributed by atoms with E-state index in [9.17, 15) is 0 Å². The Balaban J connectivity index is 1.42. The van der Waals surface area contributed by atoms with Gasteiger partial charge in [-0.3, -0.25) is 4.98 Å². The van der Waals surface area contributed by atoms with Gasteiger partial charge in [-0.1, -0.05) is 26.0 Å². The Morgan fingerprint density at radius 1 is 1.07 bits per heavy atom. The fourth-order valence-electron chi connectivity index (χ4n) is 8.06. The number of rotatable bonds is 2. The highest BCUT2D eigenvalue weighted by Crippen LogP contribution is 2.67. The van der Waals surface area contributed by atoms with Crippen LogP contribution in [0.15, 0.2) is 30.6 Å². The van der Waals surface area contributed by atoms with E-state index in [1.165, 1.54) is 56.9 Å². The second-order valence-corrected chi connectivity index (χ2v) is 10.5. The first-order valence-corrected chi connectivity index (χ1v) is 11.3. The van der Waals surface area contributed by atoms with Crippen LogP contribution in [0.25, 0.3) is 5.57 Å². The minimum atomic E-state index is 0.371. The van der Waals surface area contributed by atoms with Crippen LogP contribution in [0.2, 0.25) is 0 Å². The van der Waals surface area contributed by atoms with E-state index in [1.807, 2.05) is 6.20 Å². The van der Waals surface area contributed by atoms with Gasteiger partial charge in [-0.15, -0.1) is 0 Å². The summed E-state index contributed by atoms with van der Waals surface area (Å²) in [6.45, 7) is 5.25. The Labute approximate surface area is 165 Å². The Morgan fingerprint density at radius 3 is 2.74 bits per heavy atom. The van der Waals surface area contributed by atoms with E-state index in [2.05, 4.69) is 55.6 Å². The second-order valence-electron chi connectivity index (χ2n) is 10.5. The molecule has 27 heavy (non-hydrogen) atoms. The summed E-state index contributed by atoms with van der Waals surface area (Å²) < 4.78 is 0. The topological polar surface area (TPSA) is 24.9 Å². The van der Waals surface area contributed by atoms with Crippen molar-refractivity contribution in [1.29, 1.82) is 0 Å². The van der Waals surface area contributed by atoms with E-state index in [-0.39, 0.29) is 0 Å². The van der Waals surface area contributed by atoms with Gasteiger partial charge in [0.1, 0.15) is 0 Å². The third kappa shape index (κ3) is 2.58. The zero-order valence-electron chi connectivity index (χ0n) is 17.4. The number of aromatic nitrogens is 1. The highest BCUT2D eigenvalue weighted by molar-refractivity contribution is 5.72. The molecule has 2 nitrogen and oxygen atoms in total. The molecule has 1 N–H and O–H groups in total. The Kier molecular flexibility index (Phi) is 4.27. The molecule has 0 aromatic carbocycles. The summed E-state index contributed by atoms with van der Waals surface area (Å²) in [5.74, 6) is 3.68. The SMILES string of the molecule is CNC1CC[C@@]2(C)C(CC[C@@H]3[C@@H]2CC[C@]2(C)C(c4cccnc4)=CC[C@@H]32)C1. The molecule has 0 saturated heterocycles. The summed E-state index contributed by atoms with van der Waals surface area (Å²) in [6.07, 6.45) is 17.8. The lowest BCUT2D eigenvalue weighted by Gasteiger charge is -2.61. The smallest absolute Gasteiger partial charge is 0.0343 e. The standard InChI is InChI=1S/C25H36N2/c1-24-12-10-19(26-3)15-18(24)6-7-20-22-9-8-21(17-5-4-14-27-16-17)25(22,2)13-11-23(20)24/h4-5,8,14,16,18-20,22-23,26H,6-7,9-13,15H2,1-3H3/t18?,19?,20-,22-,23-,24-,25+/m0/s1. The van der Waals surface area contributed by atoms with E-state index >= 15 is 0 Å². The first-order chi connectivity index (χ1) is 13.1. The summed E-state index contributed by atoms with van der Waals surface area (Å²) in [5, 5.41) is 3.58. The Morgan fingerprint density at radius 2 is 1.96 bits per heavy atom. The molecule has 0 spiro atoms. The molecule has 5 rings (SSSR count). The van der Waals surface area contributed by atoms with Crippen LogP contribution in [0.3, 0.4) is 0 Å². The molecule has 1 aromatic heterocycles. The van der Waals surface area contributed by atoms with Gasteiger partial charge in [-0.25, -0.2) is 0 Å². The first-order valence-electron chi connectivity index (χ1n) is 11.3. The molecular weight excluding hydrogens is 328 g/mol. The largest absolute Gasteiger partial charge is 0.317 e. The molecule has 0 amide bonds. The van der Waals surface area contributed by atoms with Gasteiger partial charge in [-0.05, 0) is 110 Å². The molecule has 3 saturated carbocycles. The fourth-order valence-corrected chi connectivity index (χ4v) is 8.06. The highest BCUT2D eigenvalue weighted by atomic mass is 14.9. The predicted molar refractivity (Wildman–Crippen MR) is 112 cm³/mol. The number of nitrogens with one attached hydrogen (secondary N) is 1. The maximum atomic E-state index is 4.41. The first kappa shape index (κ1) is 17.9. The fraction of sp³-hybridized carbons (Fsp3) is 0.720. The van der Waals surface area contributed by atoms with E-state index in [0.29, 0.717) is 10.8 Å². The molecule has 2 heteroatoms. The van der Waals surface area contributed by atoms with Gasteiger partial charge in [0, 0.05) is 18.4 Å². The van der Waals surface area contributed by atoms with Crippen molar-refractivity contribution in [2.45, 2.75) is 71.3 Å². The van der Waals surface area contributed by atoms with Crippen molar-refractivity contribution < 1.29 is 0 Å². The number of hydrogen-bond donors (Lipinski definition) is 1. The maximum Gasteiger partial charge on any atom is 0.0343 e. The zero-order valence-corrected chi connectivity index (χ0v) is 17.4. The molecule has 1 aromatic rings. The molecule has 4 aliphatic carbocycles. The molecule has 1 heterocycles. The van der Waals surface area contributed by atoms with E-state index in [1.54, 1.807) is 5.57 Å². The molecular formula is C25H36N2. The molecule has 4 aliphatic rings. The van der Waals surface area contributed by atoms with Gasteiger partial charge in [0.05, 0.1) is 0 Å². The summed E-state index contributed by atoms with van der Waals surface area (Å²) >= 11 is 0. The van der Waals surface area contributed by atoms with E-state index in [4.69, 9.17) is 0 Å². The minimum Gasteiger partial charge on any atom is -0.317 e. The summed E-state index contributed by atoms with van der Waals surface area (Å²) in [5.41, 5.74) is 3.94. The minimum absolute atomic E-state index is 0.371. The number of fused-ring (bicyclic) bond motifs is 5. The summed E-state index contributed by atoms with van der Waals surface area (Å²) in [6, 6.07) is 5.14. The van der Waals surface area contributed by atoms with Crippen LogP contribution in [0.4, 0.5) is 0 Å². The average Bonchev–Trinajstić information content (AvgIpc) is 3.05. The van der Waals surface area contributed by atoms with Crippen LogP contribution < -0.4 is 5.32 Å². The van der Waals surface area contributed by atoms with Crippen LogP contribution in [0.1, 0.15) is 70.8 Å². The van der Waals surface area contributed by atoms with Crippen LogP contribution in [-0.2, 0) is 0 Å². The van der Waals surface area contributed by atoms with Crippen molar-refractivity contribution in [1.82, 2.24) is 10.3 Å². The highest BCUT2D eigenvalue weighted by Gasteiger charge is 2.58. The lowest BCUT2D eigenvalue weighted by molar-refractivity contribution is -0.0996. The van der Waals surface area contributed by atoms with Gasteiger partial charge < -0.3 is 5.32 Å². The van der Waals surface area contributed by atoms with Crippen LogP contribution >= 0.6 is 0 Å². The molecule has 2 unspecified atom stereocenters. The predicted octanol–water partition coefficient (Wildman–Crippen LogP) is 5.71. The van der Waals surface area contributed by atoms with Crippen molar-refractivity contribution in [2.24, 2.45) is 34.5 Å². The lowest BCUT2D eigenvalue weighted by Crippen LogP contribution is -2.54. The van der Waals surface area contributed by atoms with E-state index < -0.39 is 0 Å². The number of hydrogen-bond acceptors (Lipinski definition) is 2. The van der Waals surface area contributed by atoms with Gasteiger partial charge in [0.2, 0.25) is 0 Å². The Bertz CT molecular complexity index is 725. The van der Waals surface area contributed by atoms with Gasteiger partial charge in [0.15, 0.2) is 0 Å². The zero-order chi connectivity index (χ0) is 18.6.